The number of nitrogens with zero attached hydrogens (tertiary/aromatic N) is 1. The van der Waals surface area contributed by atoms with Crippen LogP contribution in [0.3, 0.4) is 0 Å². The Morgan fingerprint density at radius 2 is 2.29 bits per heavy atom. The molecule has 72 valence electrons. The van der Waals surface area contributed by atoms with Crippen LogP contribution in [0.15, 0.2) is 47.4 Å². The molecule has 0 spiro atoms. The molecule has 2 heterocycles. The second-order valence-electron chi connectivity index (χ2n) is 3.19. The highest BCUT2D eigenvalue weighted by Crippen LogP contribution is 2.14. The van der Waals surface area contributed by atoms with Gasteiger partial charge in [0.25, 0.3) is 0 Å². The molecule has 14 heavy (non-hydrogen) atoms. The Bertz CT molecular complexity index is 369. The molecule has 2 aromatic rings. The van der Waals surface area contributed by atoms with E-state index in [-0.39, 0.29) is 6.04 Å². The molecule has 0 saturated heterocycles. The Morgan fingerprint density at radius 1 is 1.36 bits per heavy atom. The molecule has 0 saturated carbocycles. The summed E-state index contributed by atoms with van der Waals surface area (Å²) in [4.78, 5) is 4.22. The van der Waals surface area contributed by atoms with Gasteiger partial charge in [-0.1, -0.05) is 6.07 Å². The molecule has 0 aromatic carbocycles. The zero-order valence-electron chi connectivity index (χ0n) is 7.76. The molecule has 0 aliphatic carbocycles. The first-order valence-corrected chi connectivity index (χ1v) is 4.54. The number of rotatable bonds is 3. The van der Waals surface area contributed by atoms with Crippen molar-refractivity contribution in [2.75, 3.05) is 0 Å². The van der Waals surface area contributed by atoms with Crippen LogP contribution < -0.4 is 5.73 Å². The average Bonchev–Trinajstić information content (AvgIpc) is 2.72. The van der Waals surface area contributed by atoms with Crippen molar-refractivity contribution in [3.05, 3.63) is 54.2 Å². The first kappa shape index (κ1) is 8.97. The lowest BCUT2D eigenvalue weighted by Crippen LogP contribution is -2.13. The van der Waals surface area contributed by atoms with E-state index in [1.165, 1.54) is 0 Å². The van der Waals surface area contributed by atoms with Crippen LogP contribution in [0.5, 0.6) is 0 Å². The number of hydrogen-bond acceptors (Lipinski definition) is 3. The quantitative estimate of drug-likeness (QED) is 0.800. The van der Waals surface area contributed by atoms with Crippen molar-refractivity contribution in [3.63, 3.8) is 0 Å². The van der Waals surface area contributed by atoms with Gasteiger partial charge in [0.05, 0.1) is 12.5 Å². The fraction of sp³-hybridized carbons (Fsp3) is 0.182. The Hall–Kier alpha value is -1.61. The Kier molecular flexibility index (Phi) is 2.60. The van der Waals surface area contributed by atoms with Crippen LogP contribution in [0, 0.1) is 0 Å². The molecule has 0 aliphatic heterocycles. The molecule has 1 atom stereocenters. The molecule has 3 nitrogen and oxygen atoms in total. The van der Waals surface area contributed by atoms with E-state index >= 15 is 0 Å². The topological polar surface area (TPSA) is 52.0 Å². The first-order valence-electron chi connectivity index (χ1n) is 4.54. The highest BCUT2D eigenvalue weighted by atomic mass is 16.3. The normalized spacial score (nSPS) is 12.6. The van der Waals surface area contributed by atoms with E-state index in [1.807, 2.05) is 24.3 Å². The minimum absolute atomic E-state index is 0.0383. The van der Waals surface area contributed by atoms with Crippen LogP contribution in [0.1, 0.15) is 17.3 Å². The predicted molar refractivity (Wildman–Crippen MR) is 53.6 cm³/mol. The maximum Gasteiger partial charge on any atom is 0.0950 e. The highest BCUT2D eigenvalue weighted by molar-refractivity contribution is 5.15. The van der Waals surface area contributed by atoms with Crippen LogP contribution >= 0.6 is 0 Å². The van der Waals surface area contributed by atoms with Crippen molar-refractivity contribution in [3.8, 4) is 0 Å². The minimum Gasteiger partial charge on any atom is -0.472 e. The van der Waals surface area contributed by atoms with Crippen LogP contribution in [0.4, 0.5) is 0 Å². The molecular weight excluding hydrogens is 176 g/mol. The number of pyridine rings is 1. The van der Waals surface area contributed by atoms with Crippen LogP contribution in [-0.4, -0.2) is 4.98 Å². The van der Waals surface area contributed by atoms with Gasteiger partial charge in [0.2, 0.25) is 0 Å². The number of nitrogens with two attached hydrogens (primary N) is 1. The summed E-state index contributed by atoms with van der Waals surface area (Å²) in [6, 6.07) is 7.67. The monoisotopic (exact) mass is 188 g/mol. The average molecular weight is 188 g/mol. The minimum atomic E-state index is -0.0383. The largest absolute Gasteiger partial charge is 0.472 e. The maximum absolute atomic E-state index is 5.97. The Morgan fingerprint density at radius 3 is 2.93 bits per heavy atom. The number of aromatic nitrogens is 1. The van der Waals surface area contributed by atoms with Crippen LogP contribution in [0.25, 0.3) is 0 Å². The van der Waals surface area contributed by atoms with Crippen molar-refractivity contribution < 1.29 is 4.42 Å². The van der Waals surface area contributed by atoms with Gasteiger partial charge in [0.1, 0.15) is 0 Å². The van der Waals surface area contributed by atoms with E-state index in [2.05, 4.69) is 4.98 Å². The van der Waals surface area contributed by atoms with E-state index in [4.69, 9.17) is 10.2 Å². The third-order valence-electron chi connectivity index (χ3n) is 2.13. The first-order chi connectivity index (χ1) is 6.86. The van der Waals surface area contributed by atoms with E-state index < -0.39 is 0 Å². The third kappa shape index (κ3) is 2.00. The summed E-state index contributed by atoms with van der Waals surface area (Å²) in [5.74, 6) is 0. The van der Waals surface area contributed by atoms with Crippen LogP contribution in [-0.2, 0) is 6.42 Å². The van der Waals surface area contributed by atoms with Crippen LogP contribution in [0.2, 0.25) is 0 Å². The molecule has 0 aliphatic rings. The van der Waals surface area contributed by atoms with Gasteiger partial charge in [0, 0.05) is 29.9 Å². The van der Waals surface area contributed by atoms with Gasteiger partial charge in [-0.05, 0) is 18.2 Å². The molecular formula is C11H12N2O. The summed E-state index contributed by atoms with van der Waals surface area (Å²) in [5.41, 5.74) is 7.98. The SMILES string of the molecule is NC(Cc1ccccn1)c1ccoc1. The molecule has 2 N–H and O–H groups in total. The summed E-state index contributed by atoms with van der Waals surface area (Å²) in [6.07, 6.45) is 5.82. The van der Waals surface area contributed by atoms with E-state index in [0.29, 0.717) is 0 Å². The summed E-state index contributed by atoms with van der Waals surface area (Å²) < 4.78 is 4.97. The van der Waals surface area contributed by atoms with Gasteiger partial charge < -0.3 is 10.2 Å². The summed E-state index contributed by atoms with van der Waals surface area (Å²) in [7, 11) is 0. The standard InChI is InChI=1S/C11H12N2O/c12-11(9-4-6-14-8-9)7-10-3-1-2-5-13-10/h1-6,8,11H,7,12H2. The van der Waals surface area contributed by atoms with Gasteiger partial charge in [0.15, 0.2) is 0 Å². The van der Waals surface area contributed by atoms with Gasteiger partial charge in [-0.25, -0.2) is 0 Å². The number of furan rings is 1. The maximum atomic E-state index is 5.97. The van der Waals surface area contributed by atoms with E-state index in [0.717, 1.165) is 17.7 Å². The Balaban J connectivity index is 2.06. The van der Waals surface area contributed by atoms with Crippen molar-refractivity contribution >= 4 is 0 Å². The van der Waals surface area contributed by atoms with Crippen molar-refractivity contribution in [2.24, 2.45) is 5.73 Å². The molecule has 0 radical (unpaired) electrons. The van der Waals surface area contributed by atoms with Crippen molar-refractivity contribution in [2.45, 2.75) is 12.5 Å². The molecule has 3 heteroatoms. The zero-order valence-corrected chi connectivity index (χ0v) is 7.76. The van der Waals surface area contributed by atoms with E-state index in [1.54, 1.807) is 18.7 Å². The molecule has 0 fully saturated rings. The van der Waals surface area contributed by atoms with E-state index in [9.17, 15) is 0 Å². The number of hydrogen-bond donors (Lipinski definition) is 1. The summed E-state index contributed by atoms with van der Waals surface area (Å²) in [5, 5.41) is 0. The van der Waals surface area contributed by atoms with Gasteiger partial charge >= 0.3 is 0 Å². The third-order valence-corrected chi connectivity index (χ3v) is 2.13. The van der Waals surface area contributed by atoms with Gasteiger partial charge in [-0.2, -0.15) is 0 Å². The lowest BCUT2D eigenvalue weighted by molar-refractivity contribution is 0.558. The molecule has 0 bridgehead atoms. The Labute approximate surface area is 82.6 Å². The summed E-state index contributed by atoms with van der Waals surface area (Å²) >= 11 is 0. The fourth-order valence-electron chi connectivity index (χ4n) is 1.35. The second-order valence-corrected chi connectivity index (χ2v) is 3.19. The van der Waals surface area contributed by atoms with Gasteiger partial charge in [-0.3, -0.25) is 4.98 Å². The predicted octanol–water partition coefficient (Wildman–Crippen LogP) is 1.92. The molecule has 2 rings (SSSR count). The van der Waals surface area contributed by atoms with Gasteiger partial charge in [-0.15, -0.1) is 0 Å². The lowest BCUT2D eigenvalue weighted by Gasteiger charge is -2.07. The molecule has 0 amide bonds. The highest BCUT2D eigenvalue weighted by Gasteiger charge is 2.08. The molecule has 2 aromatic heterocycles. The smallest absolute Gasteiger partial charge is 0.0950 e. The summed E-state index contributed by atoms with van der Waals surface area (Å²) in [6.45, 7) is 0. The second kappa shape index (κ2) is 4.07. The lowest BCUT2D eigenvalue weighted by atomic mass is 10.1. The zero-order chi connectivity index (χ0) is 9.80. The fourth-order valence-corrected chi connectivity index (χ4v) is 1.35. The molecule has 1 unspecified atom stereocenters. The van der Waals surface area contributed by atoms with Crippen molar-refractivity contribution in [1.29, 1.82) is 0 Å². The van der Waals surface area contributed by atoms with Crippen molar-refractivity contribution in [1.82, 2.24) is 4.98 Å².